The van der Waals surface area contributed by atoms with Gasteiger partial charge in [0.15, 0.2) is 5.82 Å². The lowest BCUT2D eigenvalue weighted by Gasteiger charge is -2.38. The van der Waals surface area contributed by atoms with Crippen LogP contribution < -0.4 is 5.73 Å². The Labute approximate surface area is 95.4 Å². The quantitative estimate of drug-likeness (QED) is 0.744. The smallest absolute Gasteiger partial charge is 0.240 e. The van der Waals surface area contributed by atoms with E-state index in [0.717, 1.165) is 19.6 Å². The fourth-order valence-corrected chi connectivity index (χ4v) is 2.06. The lowest BCUT2D eigenvalue weighted by atomic mass is 10.2. The Hall–Kier alpha value is -0.980. The monoisotopic (exact) mass is 225 g/mol. The van der Waals surface area contributed by atoms with Crippen molar-refractivity contribution in [1.82, 2.24) is 19.9 Å². The predicted octanol–water partition coefficient (Wildman–Crippen LogP) is -0.547. The Morgan fingerprint density at radius 3 is 2.94 bits per heavy atom. The average molecular weight is 225 g/mol. The minimum atomic E-state index is 0.381. The van der Waals surface area contributed by atoms with Gasteiger partial charge in [-0.3, -0.25) is 4.90 Å². The zero-order valence-corrected chi connectivity index (χ0v) is 9.89. The van der Waals surface area contributed by atoms with Crippen molar-refractivity contribution in [1.29, 1.82) is 0 Å². The van der Waals surface area contributed by atoms with E-state index in [1.165, 1.54) is 0 Å². The minimum absolute atomic E-state index is 0.381. The van der Waals surface area contributed by atoms with E-state index in [2.05, 4.69) is 27.0 Å². The fraction of sp³-hybridized carbons (Fsp3) is 0.800. The number of aryl methyl sites for hydroxylation is 1. The largest absolute Gasteiger partial charge is 0.338 e. The summed E-state index contributed by atoms with van der Waals surface area (Å²) in [6, 6.07) is 0.381. The van der Waals surface area contributed by atoms with E-state index in [4.69, 9.17) is 10.3 Å². The number of likely N-dealkylation sites (N-methyl/N-ethyl adjacent to an activating group) is 1. The van der Waals surface area contributed by atoms with Gasteiger partial charge in [0.2, 0.25) is 5.89 Å². The normalized spacial score (nSPS) is 23.8. The van der Waals surface area contributed by atoms with Gasteiger partial charge < -0.3 is 15.2 Å². The first-order chi connectivity index (χ1) is 7.69. The molecule has 1 aromatic rings. The summed E-state index contributed by atoms with van der Waals surface area (Å²) in [6.45, 7) is 6.26. The van der Waals surface area contributed by atoms with E-state index in [9.17, 15) is 0 Å². The molecule has 1 aliphatic rings. The van der Waals surface area contributed by atoms with Gasteiger partial charge in [0.1, 0.15) is 0 Å². The Morgan fingerprint density at radius 2 is 2.31 bits per heavy atom. The summed E-state index contributed by atoms with van der Waals surface area (Å²) in [5.41, 5.74) is 5.78. The molecule has 16 heavy (non-hydrogen) atoms. The number of nitrogens with two attached hydrogens (primary N) is 1. The van der Waals surface area contributed by atoms with Crippen molar-refractivity contribution in [2.75, 3.05) is 33.2 Å². The van der Waals surface area contributed by atoms with Crippen LogP contribution >= 0.6 is 0 Å². The molecule has 1 unspecified atom stereocenters. The highest BCUT2D eigenvalue weighted by atomic mass is 16.5. The highest BCUT2D eigenvalue weighted by molar-refractivity contribution is 4.88. The molecule has 1 aliphatic heterocycles. The van der Waals surface area contributed by atoms with Gasteiger partial charge in [-0.05, 0) is 14.0 Å². The minimum Gasteiger partial charge on any atom is -0.338 e. The number of aromatic nitrogens is 2. The number of rotatable bonds is 3. The number of piperazine rings is 1. The first-order valence-electron chi connectivity index (χ1n) is 5.61. The van der Waals surface area contributed by atoms with Crippen LogP contribution in [-0.2, 0) is 6.54 Å². The molecule has 6 heteroatoms. The summed E-state index contributed by atoms with van der Waals surface area (Å²) in [5, 5.41) is 3.79. The molecule has 0 aromatic carbocycles. The predicted molar refractivity (Wildman–Crippen MR) is 59.8 cm³/mol. The Morgan fingerprint density at radius 1 is 1.50 bits per heavy atom. The molecule has 2 N–H and O–H groups in total. The maximum atomic E-state index is 5.78. The molecule has 1 fully saturated rings. The second-order valence-corrected chi connectivity index (χ2v) is 4.36. The molecule has 2 rings (SSSR count). The van der Waals surface area contributed by atoms with Gasteiger partial charge >= 0.3 is 0 Å². The summed E-state index contributed by atoms with van der Waals surface area (Å²) in [5.74, 6) is 1.37. The molecule has 1 saturated heterocycles. The maximum Gasteiger partial charge on any atom is 0.240 e. The molecule has 1 atom stereocenters. The highest BCUT2D eigenvalue weighted by Crippen LogP contribution is 2.11. The lowest BCUT2D eigenvalue weighted by Crippen LogP contribution is -2.54. The molecule has 0 amide bonds. The number of hydrogen-bond donors (Lipinski definition) is 1. The van der Waals surface area contributed by atoms with E-state index < -0.39 is 0 Å². The van der Waals surface area contributed by atoms with Crippen LogP contribution in [0.25, 0.3) is 0 Å². The summed E-state index contributed by atoms with van der Waals surface area (Å²) in [7, 11) is 2.12. The third kappa shape index (κ3) is 2.58. The highest BCUT2D eigenvalue weighted by Gasteiger charge is 2.25. The van der Waals surface area contributed by atoms with Crippen LogP contribution in [0.2, 0.25) is 0 Å². The molecule has 1 aromatic heterocycles. The van der Waals surface area contributed by atoms with Crippen LogP contribution in [0.15, 0.2) is 4.52 Å². The summed E-state index contributed by atoms with van der Waals surface area (Å²) >= 11 is 0. The fourth-order valence-electron chi connectivity index (χ4n) is 2.06. The first kappa shape index (κ1) is 11.5. The van der Waals surface area contributed by atoms with Crippen LogP contribution in [0.1, 0.15) is 11.7 Å². The SMILES string of the molecule is Cc1noc(CN2CCN(C)CC2CN)n1. The first-order valence-corrected chi connectivity index (χ1v) is 5.61. The topological polar surface area (TPSA) is 71.4 Å². The average Bonchev–Trinajstić information content (AvgIpc) is 2.67. The summed E-state index contributed by atoms with van der Waals surface area (Å²) in [4.78, 5) is 8.83. The van der Waals surface area contributed by atoms with Crippen molar-refractivity contribution in [2.24, 2.45) is 5.73 Å². The van der Waals surface area contributed by atoms with Gasteiger partial charge in [-0.1, -0.05) is 5.16 Å². The lowest BCUT2D eigenvalue weighted by molar-refractivity contribution is 0.0784. The van der Waals surface area contributed by atoms with Crippen LogP contribution in [0.5, 0.6) is 0 Å². The second kappa shape index (κ2) is 4.90. The molecule has 0 spiro atoms. The molecular weight excluding hydrogens is 206 g/mol. The number of nitrogens with zero attached hydrogens (tertiary/aromatic N) is 4. The van der Waals surface area contributed by atoms with Crippen molar-refractivity contribution in [3.8, 4) is 0 Å². The third-order valence-corrected chi connectivity index (χ3v) is 2.99. The Bertz CT molecular complexity index is 340. The molecule has 0 radical (unpaired) electrons. The van der Waals surface area contributed by atoms with Gasteiger partial charge in [0.25, 0.3) is 0 Å². The zero-order chi connectivity index (χ0) is 11.5. The standard InChI is InChI=1S/C10H19N5O/c1-8-12-10(16-13-8)7-15-4-3-14(2)6-9(15)5-11/h9H,3-7,11H2,1-2H3. The third-order valence-electron chi connectivity index (χ3n) is 2.99. The van der Waals surface area contributed by atoms with Crippen molar-refractivity contribution in [3.05, 3.63) is 11.7 Å². The summed E-state index contributed by atoms with van der Waals surface area (Å²) < 4.78 is 5.13. The van der Waals surface area contributed by atoms with E-state index in [1.807, 2.05) is 6.92 Å². The van der Waals surface area contributed by atoms with Gasteiger partial charge in [0, 0.05) is 32.2 Å². The van der Waals surface area contributed by atoms with Crippen LogP contribution in [0, 0.1) is 6.92 Å². The summed E-state index contributed by atoms with van der Waals surface area (Å²) in [6.07, 6.45) is 0. The molecular formula is C10H19N5O. The van der Waals surface area contributed by atoms with Gasteiger partial charge in [0.05, 0.1) is 6.54 Å². The van der Waals surface area contributed by atoms with Crippen molar-refractivity contribution in [3.63, 3.8) is 0 Å². The second-order valence-electron chi connectivity index (χ2n) is 4.36. The van der Waals surface area contributed by atoms with Crippen LogP contribution in [0.3, 0.4) is 0 Å². The van der Waals surface area contributed by atoms with E-state index >= 15 is 0 Å². The van der Waals surface area contributed by atoms with Crippen molar-refractivity contribution < 1.29 is 4.52 Å². The molecule has 6 nitrogen and oxygen atoms in total. The van der Waals surface area contributed by atoms with E-state index in [0.29, 0.717) is 30.8 Å². The van der Waals surface area contributed by atoms with E-state index in [1.54, 1.807) is 0 Å². The van der Waals surface area contributed by atoms with Crippen LogP contribution in [0.4, 0.5) is 0 Å². The van der Waals surface area contributed by atoms with Crippen molar-refractivity contribution in [2.45, 2.75) is 19.5 Å². The van der Waals surface area contributed by atoms with Gasteiger partial charge in [-0.2, -0.15) is 4.98 Å². The van der Waals surface area contributed by atoms with E-state index in [-0.39, 0.29) is 0 Å². The van der Waals surface area contributed by atoms with Gasteiger partial charge in [-0.15, -0.1) is 0 Å². The molecule has 2 heterocycles. The van der Waals surface area contributed by atoms with Gasteiger partial charge in [-0.25, -0.2) is 0 Å². The molecule has 0 saturated carbocycles. The zero-order valence-electron chi connectivity index (χ0n) is 9.89. The maximum absolute atomic E-state index is 5.78. The Kier molecular flexibility index (Phi) is 3.52. The van der Waals surface area contributed by atoms with Crippen LogP contribution in [-0.4, -0.2) is 59.2 Å². The Balaban J connectivity index is 1.97. The molecule has 0 bridgehead atoms. The van der Waals surface area contributed by atoms with Crippen molar-refractivity contribution >= 4 is 0 Å². The number of hydrogen-bond acceptors (Lipinski definition) is 6. The molecule has 0 aliphatic carbocycles. The molecule has 90 valence electrons.